The van der Waals surface area contributed by atoms with E-state index in [4.69, 9.17) is 0 Å². The van der Waals surface area contributed by atoms with Crippen molar-refractivity contribution in [2.24, 2.45) is 0 Å². The van der Waals surface area contributed by atoms with Gasteiger partial charge in [0, 0.05) is 19.8 Å². The minimum Gasteiger partial charge on any atom is -0.342 e. The average molecular weight is 430 g/mol. The largest absolute Gasteiger partial charge is 0.417 e. The smallest absolute Gasteiger partial charge is 0.342 e. The molecule has 0 aliphatic heterocycles. The first kappa shape index (κ1) is 22.5. The fraction of sp³-hybridized carbons (Fsp3) is 0.348. The summed E-state index contributed by atoms with van der Waals surface area (Å²) in [7, 11) is 1.74. The fourth-order valence-electron chi connectivity index (χ4n) is 3.41. The maximum atomic E-state index is 13.0. The number of alkyl halides is 3. The number of pyridine rings is 1. The lowest BCUT2D eigenvalue weighted by atomic mass is 10.0. The number of hydrogen-bond donors (Lipinski definition) is 0. The third kappa shape index (κ3) is 5.31. The molecule has 0 spiro atoms. The number of amides is 1. The second-order valence-electron chi connectivity index (χ2n) is 7.73. The minimum atomic E-state index is -4.46. The number of halogens is 3. The van der Waals surface area contributed by atoms with E-state index in [9.17, 15) is 18.0 Å². The summed E-state index contributed by atoms with van der Waals surface area (Å²) in [6.45, 7) is 4.39. The highest BCUT2D eigenvalue weighted by Gasteiger charge is 2.31. The topological polar surface area (TPSA) is 51.0 Å². The van der Waals surface area contributed by atoms with Gasteiger partial charge in [0.15, 0.2) is 5.82 Å². The number of benzene rings is 1. The molecule has 0 N–H and O–H groups in total. The van der Waals surface area contributed by atoms with Crippen LogP contribution in [-0.2, 0) is 12.6 Å². The first-order valence-electron chi connectivity index (χ1n) is 10.1. The van der Waals surface area contributed by atoms with Gasteiger partial charge < -0.3 is 4.90 Å². The SMILES string of the molecule is CC(C)c1c(C(=O)N(C)CCCc2ccccc2)cnn1-c1ccc(C(F)(F)F)cn1. The van der Waals surface area contributed by atoms with Crippen LogP contribution < -0.4 is 0 Å². The van der Waals surface area contributed by atoms with Crippen LogP contribution in [0.15, 0.2) is 54.9 Å². The Hall–Kier alpha value is -3.16. The lowest BCUT2D eigenvalue weighted by Crippen LogP contribution is -2.29. The number of carbonyl (C=O) groups is 1. The van der Waals surface area contributed by atoms with Gasteiger partial charge in [-0.15, -0.1) is 0 Å². The zero-order valence-corrected chi connectivity index (χ0v) is 17.7. The molecule has 0 unspecified atom stereocenters. The van der Waals surface area contributed by atoms with E-state index in [2.05, 4.69) is 22.2 Å². The minimum absolute atomic E-state index is 0.0803. The Kier molecular flexibility index (Phi) is 6.77. The van der Waals surface area contributed by atoms with E-state index in [0.29, 0.717) is 17.8 Å². The maximum Gasteiger partial charge on any atom is 0.417 e. The molecule has 0 saturated heterocycles. The number of nitrogens with zero attached hydrogens (tertiary/aromatic N) is 4. The van der Waals surface area contributed by atoms with Crippen molar-refractivity contribution in [3.63, 3.8) is 0 Å². The number of aromatic nitrogens is 3. The molecule has 0 radical (unpaired) electrons. The van der Waals surface area contributed by atoms with Gasteiger partial charge in [-0.05, 0) is 36.5 Å². The molecule has 8 heteroatoms. The van der Waals surface area contributed by atoms with Gasteiger partial charge in [-0.2, -0.15) is 18.3 Å². The van der Waals surface area contributed by atoms with Crippen LogP contribution in [0.1, 0.15) is 53.4 Å². The highest BCUT2D eigenvalue weighted by molar-refractivity contribution is 5.95. The standard InChI is InChI=1S/C23H25F3N4O/c1-16(2)21-19(22(31)29(3)13-7-10-17-8-5-4-6-9-17)15-28-30(21)20-12-11-18(14-27-20)23(24,25)26/h4-6,8-9,11-12,14-16H,7,10,13H2,1-3H3. The summed E-state index contributed by atoms with van der Waals surface area (Å²) in [5.74, 6) is -0.0133. The van der Waals surface area contributed by atoms with Crippen LogP contribution in [0.3, 0.4) is 0 Å². The second-order valence-corrected chi connectivity index (χ2v) is 7.73. The molecule has 0 atom stereocenters. The zero-order valence-electron chi connectivity index (χ0n) is 17.7. The van der Waals surface area contributed by atoms with Gasteiger partial charge in [-0.25, -0.2) is 9.67 Å². The van der Waals surface area contributed by atoms with E-state index in [1.54, 1.807) is 11.9 Å². The van der Waals surface area contributed by atoms with Crippen molar-refractivity contribution >= 4 is 5.91 Å². The van der Waals surface area contributed by atoms with Gasteiger partial charge in [-0.3, -0.25) is 4.79 Å². The van der Waals surface area contributed by atoms with E-state index in [1.165, 1.54) is 22.5 Å². The molecule has 5 nitrogen and oxygen atoms in total. The van der Waals surface area contributed by atoms with Gasteiger partial charge in [0.1, 0.15) is 0 Å². The Balaban J connectivity index is 1.77. The van der Waals surface area contributed by atoms with Crippen LogP contribution >= 0.6 is 0 Å². The molecule has 1 amide bonds. The Morgan fingerprint density at radius 2 is 1.81 bits per heavy atom. The molecular formula is C23H25F3N4O. The summed E-state index contributed by atoms with van der Waals surface area (Å²) in [6, 6.07) is 12.3. The third-order valence-corrected chi connectivity index (χ3v) is 5.02. The van der Waals surface area contributed by atoms with E-state index in [0.717, 1.165) is 25.1 Å². The predicted molar refractivity (Wildman–Crippen MR) is 112 cm³/mol. The van der Waals surface area contributed by atoms with Crippen molar-refractivity contribution < 1.29 is 18.0 Å². The number of hydrogen-bond acceptors (Lipinski definition) is 3. The lowest BCUT2D eigenvalue weighted by Gasteiger charge is -2.19. The first-order valence-corrected chi connectivity index (χ1v) is 10.1. The second kappa shape index (κ2) is 9.32. The lowest BCUT2D eigenvalue weighted by molar-refractivity contribution is -0.137. The van der Waals surface area contributed by atoms with Gasteiger partial charge in [-0.1, -0.05) is 44.2 Å². The van der Waals surface area contributed by atoms with Gasteiger partial charge in [0.25, 0.3) is 5.91 Å². The van der Waals surface area contributed by atoms with E-state index in [1.807, 2.05) is 32.0 Å². The highest BCUT2D eigenvalue weighted by atomic mass is 19.4. The molecule has 2 heterocycles. The van der Waals surface area contributed by atoms with Crippen molar-refractivity contribution in [2.75, 3.05) is 13.6 Å². The zero-order chi connectivity index (χ0) is 22.6. The normalized spacial score (nSPS) is 11.7. The van der Waals surface area contributed by atoms with E-state index in [-0.39, 0.29) is 17.6 Å². The number of aryl methyl sites for hydroxylation is 1. The van der Waals surface area contributed by atoms with Gasteiger partial charge >= 0.3 is 6.18 Å². The highest BCUT2D eigenvalue weighted by Crippen LogP contribution is 2.29. The monoisotopic (exact) mass is 430 g/mol. The van der Waals surface area contributed by atoms with Crippen molar-refractivity contribution in [1.29, 1.82) is 0 Å². The molecule has 1 aromatic carbocycles. The third-order valence-electron chi connectivity index (χ3n) is 5.02. The van der Waals surface area contributed by atoms with Crippen LogP contribution in [0.2, 0.25) is 0 Å². The van der Waals surface area contributed by atoms with Crippen LogP contribution in [0, 0.1) is 0 Å². The molecule has 0 aliphatic carbocycles. The van der Waals surface area contributed by atoms with Crippen LogP contribution in [0.25, 0.3) is 5.82 Å². The Morgan fingerprint density at radius 3 is 2.39 bits per heavy atom. The van der Waals surface area contributed by atoms with Crippen molar-refractivity contribution in [1.82, 2.24) is 19.7 Å². The van der Waals surface area contributed by atoms with Crippen molar-refractivity contribution in [3.05, 3.63) is 77.2 Å². The molecule has 164 valence electrons. The molecular weight excluding hydrogens is 405 g/mol. The fourth-order valence-corrected chi connectivity index (χ4v) is 3.41. The molecule has 0 saturated carbocycles. The first-order chi connectivity index (χ1) is 14.7. The molecule has 0 bridgehead atoms. The van der Waals surface area contributed by atoms with E-state index < -0.39 is 11.7 Å². The van der Waals surface area contributed by atoms with Crippen LogP contribution in [-0.4, -0.2) is 39.2 Å². The summed E-state index contributed by atoms with van der Waals surface area (Å²) in [4.78, 5) is 18.6. The summed E-state index contributed by atoms with van der Waals surface area (Å²) in [5.41, 5.74) is 1.43. The molecule has 0 aliphatic rings. The molecule has 0 fully saturated rings. The summed E-state index contributed by atoms with van der Waals surface area (Å²) >= 11 is 0. The van der Waals surface area contributed by atoms with Gasteiger partial charge in [0.05, 0.1) is 23.0 Å². The number of carbonyl (C=O) groups excluding carboxylic acids is 1. The van der Waals surface area contributed by atoms with Gasteiger partial charge in [0.2, 0.25) is 0 Å². The van der Waals surface area contributed by atoms with Crippen molar-refractivity contribution in [3.8, 4) is 5.82 Å². The van der Waals surface area contributed by atoms with Crippen LogP contribution in [0.4, 0.5) is 13.2 Å². The summed E-state index contributed by atoms with van der Waals surface area (Å²) in [5, 5.41) is 4.26. The Labute approximate surface area is 179 Å². The molecule has 2 aromatic heterocycles. The Morgan fingerprint density at radius 1 is 1.10 bits per heavy atom. The molecule has 3 rings (SSSR count). The van der Waals surface area contributed by atoms with Crippen LogP contribution in [0.5, 0.6) is 0 Å². The summed E-state index contributed by atoms with van der Waals surface area (Å²) in [6.07, 6.45) is -0.536. The summed E-state index contributed by atoms with van der Waals surface area (Å²) < 4.78 is 39.9. The predicted octanol–water partition coefficient (Wildman–Crippen LogP) is 5.11. The van der Waals surface area contributed by atoms with Crippen molar-refractivity contribution in [2.45, 2.75) is 38.8 Å². The maximum absolute atomic E-state index is 13.0. The molecule has 3 aromatic rings. The van der Waals surface area contributed by atoms with E-state index >= 15 is 0 Å². The number of rotatable bonds is 7. The Bertz CT molecular complexity index is 1010. The average Bonchev–Trinajstić information content (AvgIpc) is 3.19. The molecule has 31 heavy (non-hydrogen) atoms. The quantitative estimate of drug-likeness (QED) is 0.523.